The molecule has 0 unspecified atom stereocenters. The van der Waals surface area contributed by atoms with Crippen LogP contribution in [-0.2, 0) is 0 Å². The number of nitrogens with zero attached hydrogens (tertiary/aromatic N) is 2. The zero-order chi connectivity index (χ0) is 10.0. The van der Waals surface area contributed by atoms with Gasteiger partial charge in [0.2, 0.25) is 0 Å². The maximum absolute atomic E-state index is 10.4. The van der Waals surface area contributed by atoms with Gasteiger partial charge in [-0.2, -0.15) is 0 Å². The van der Waals surface area contributed by atoms with Gasteiger partial charge in [0, 0.05) is 0 Å². The van der Waals surface area contributed by atoms with Crippen molar-refractivity contribution in [3.05, 3.63) is 33.0 Å². The van der Waals surface area contributed by atoms with E-state index in [-0.39, 0.29) is 5.02 Å². The Balaban J connectivity index is 3.27. The zero-order valence-corrected chi connectivity index (χ0v) is 6.85. The van der Waals surface area contributed by atoms with Crippen molar-refractivity contribution in [3.63, 3.8) is 0 Å². The van der Waals surface area contributed by atoms with Crippen LogP contribution >= 0.6 is 11.6 Å². The van der Waals surface area contributed by atoms with Gasteiger partial charge < -0.3 is 15.2 Å². The fraction of sp³-hybridized carbons (Fsp3) is 0. The number of pyridine rings is 1. The molecular weight excluding hydrogens is 200 g/mol. The average molecular weight is 203 g/mol. The first-order chi connectivity index (χ1) is 6.02. The Bertz CT molecular complexity index is 379. The van der Waals surface area contributed by atoms with Crippen LogP contribution in [0.2, 0.25) is 5.02 Å². The number of hydrogen-bond donors (Lipinski definition) is 1. The highest BCUT2D eigenvalue weighted by molar-refractivity contribution is 6.32. The average Bonchev–Trinajstić information content (AvgIpc) is 2.04. The minimum absolute atomic E-state index is 0.185. The summed E-state index contributed by atoms with van der Waals surface area (Å²) in [6.45, 7) is 0. The molecule has 0 fully saturated rings. The Hall–Kier alpha value is -1.69. The van der Waals surface area contributed by atoms with Crippen molar-refractivity contribution in [2.45, 2.75) is 0 Å². The minimum Gasteiger partial charge on any atom is -0.475 e. The number of nitro groups is 1. The standard InChI is InChI=1S/C6H3ClN2O4/c7-3-1-2-4(6(10)11)8-5(3)9(12)13/h1-2H,(H,10,11). The molecule has 1 N–H and O–H groups in total. The van der Waals surface area contributed by atoms with Gasteiger partial charge in [-0.25, -0.2) is 4.79 Å². The number of hydrogen-bond acceptors (Lipinski definition) is 4. The SMILES string of the molecule is O=C(O)c1ccc(Cl)c([N+](=O)[O-])n1. The molecule has 0 saturated heterocycles. The molecule has 1 heterocycles. The van der Waals surface area contributed by atoms with E-state index in [0.717, 1.165) is 12.1 Å². The minimum atomic E-state index is -1.33. The zero-order valence-electron chi connectivity index (χ0n) is 6.10. The summed E-state index contributed by atoms with van der Waals surface area (Å²) in [7, 11) is 0. The van der Waals surface area contributed by atoms with Crippen LogP contribution < -0.4 is 0 Å². The molecular formula is C6H3ClN2O4. The summed E-state index contributed by atoms with van der Waals surface area (Å²) in [5.74, 6) is -1.98. The molecule has 6 nitrogen and oxygen atoms in total. The molecule has 0 spiro atoms. The van der Waals surface area contributed by atoms with Gasteiger partial charge in [0.25, 0.3) is 5.69 Å². The molecule has 68 valence electrons. The smallest absolute Gasteiger partial charge is 0.383 e. The Morgan fingerprint density at radius 2 is 2.23 bits per heavy atom. The van der Waals surface area contributed by atoms with Crippen LogP contribution in [0.5, 0.6) is 0 Å². The molecule has 1 aromatic heterocycles. The Kier molecular flexibility index (Phi) is 2.43. The van der Waals surface area contributed by atoms with Crippen LogP contribution in [-0.4, -0.2) is 21.0 Å². The Morgan fingerprint density at radius 3 is 2.69 bits per heavy atom. The molecule has 0 radical (unpaired) electrons. The van der Waals surface area contributed by atoms with Crippen LogP contribution in [0.1, 0.15) is 10.5 Å². The quantitative estimate of drug-likeness (QED) is 0.577. The van der Waals surface area contributed by atoms with Crippen molar-refractivity contribution in [2.75, 3.05) is 0 Å². The van der Waals surface area contributed by atoms with Gasteiger partial charge in [-0.05, 0) is 22.0 Å². The summed E-state index contributed by atoms with van der Waals surface area (Å²) in [4.78, 5) is 23.0. The molecule has 0 saturated carbocycles. The monoisotopic (exact) mass is 202 g/mol. The summed E-state index contributed by atoms with van der Waals surface area (Å²) in [6.07, 6.45) is 0. The van der Waals surface area contributed by atoms with E-state index in [1.165, 1.54) is 0 Å². The Morgan fingerprint density at radius 1 is 1.62 bits per heavy atom. The number of carboxylic acids is 1. The van der Waals surface area contributed by atoms with Crippen molar-refractivity contribution in [1.82, 2.24) is 4.98 Å². The molecule has 13 heavy (non-hydrogen) atoms. The molecule has 0 aliphatic carbocycles. The first-order valence-electron chi connectivity index (χ1n) is 3.06. The molecule has 0 atom stereocenters. The summed E-state index contributed by atoms with van der Waals surface area (Å²) in [5.41, 5.74) is -0.406. The second-order valence-electron chi connectivity index (χ2n) is 2.06. The van der Waals surface area contributed by atoms with Crippen molar-refractivity contribution >= 4 is 23.4 Å². The third kappa shape index (κ3) is 1.91. The highest BCUT2D eigenvalue weighted by Crippen LogP contribution is 2.21. The summed E-state index contributed by atoms with van der Waals surface area (Å²) >= 11 is 5.40. The molecule has 1 rings (SSSR count). The third-order valence-corrected chi connectivity index (χ3v) is 1.51. The lowest BCUT2D eigenvalue weighted by atomic mass is 10.3. The largest absolute Gasteiger partial charge is 0.475 e. The van der Waals surface area contributed by atoms with Crippen molar-refractivity contribution in [3.8, 4) is 0 Å². The third-order valence-electron chi connectivity index (χ3n) is 1.22. The predicted molar refractivity (Wildman–Crippen MR) is 42.9 cm³/mol. The predicted octanol–water partition coefficient (Wildman–Crippen LogP) is 1.34. The lowest BCUT2D eigenvalue weighted by Gasteiger charge is -1.94. The molecule has 0 aliphatic rings. The van der Waals surface area contributed by atoms with Gasteiger partial charge >= 0.3 is 11.8 Å². The first-order valence-corrected chi connectivity index (χ1v) is 3.44. The fourth-order valence-corrected chi connectivity index (χ4v) is 0.853. The maximum Gasteiger partial charge on any atom is 0.383 e. The van der Waals surface area contributed by atoms with E-state index >= 15 is 0 Å². The van der Waals surface area contributed by atoms with Gasteiger partial charge in [0.15, 0.2) is 0 Å². The van der Waals surface area contributed by atoms with Crippen LogP contribution in [0.15, 0.2) is 12.1 Å². The number of halogens is 1. The van der Waals surface area contributed by atoms with Crippen LogP contribution in [0.25, 0.3) is 0 Å². The molecule has 0 aromatic carbocycles. The topological polar surface area (TPSA) is 93.3 Å². The van der Waals surface area contributed by atoms with Gasteiger partial charge in [-0.3, -0.25) is 0 Å². The van der Waals surface area contributed by atoms with E-state index in [1.807, 2.05) is 0 Å². The highest BCUT2D eigenvalue weighted by atomic mass is 35.5. The van der Waals surface area contributed by atoms with Gasteiger partial charge in [0.05, 0.1) is 0 Å². The van der Waals surface area contributed by atoms with Gasteiger partial charge in [-0.15, -0.1) is 0 Å². The van der Waals surface area contributed by atoms with Crippen molar-refractivity contribution in [1.29, 1.82) is 0 Å². The number of aromatic carboxylic acids is 1. The van der Waals surface area contributed by atoms with Crippen LogP contribution in [0, 0.1) is 10.1 Å². The first kappa shape index (κ1) is 9.40. The second kappa shape index (κ2) is 3.36. The van der Waals surface area contributed by atoms with Crippen molar-refractivity contribution < 1.29 is 14.8 Å². The van der Waals surface area contributed by atoms with Gasteiger partial charge in [0.1, 0.15) is 5.02 Å². The number of carboxylic acid groups (broad SMARTS) is 1. The van der Waals surface area contributed by atoms with E-state index < -0.39 is 22.4 Å². The highest BCUT2D eigenvalue weighted by Gasteiger charge is 2.19. The van der Waals surface area contributed by atoms with Crippen LogP contribution in [0.4, 0.5) is 5.82 Å². The second-order valence-corrected chi connectivity index (χ2v) is 2.47. The van der Waals surface area contributed by atoms with E-state index in [1.54, 1.807) is 0 Å². The van der Waals surface area contributed by atoms with E-state index in [9.17, 15) is 14.9 Å². The normalized spacial score (nSPS) is 9.62. The number of rotatable bonds is 2. The maximum atomic E-state index is 10.4. The number of carbonyl (C=O) groups is 1. The molecule has 1 aromatic rings. The molecule has 0 bridgehead atoms. The van der Waals surface area contributed by atoms with Crippen LogP contribution in [0.3, 0.4) is 0 Å². The molecule has 0 aliphatic heterocycles. The van der Waals surface area contributed by atoms with Gasteiger partial charge in [-0.1, -0.05) is 11.6 Å². The summed E-state index contributed by atoms with van der Waals surface area (Å²) < 4.78 is 0. The van der Waals surface area contributed by atoms with E-state index in [0.29, 0.717) is 0 Å². The fourth-order valence-electron chi connectivity index (χ4n) is 0.679. The molecule has 0 amide bonds. The summed E-state index contributed by atoms with van der Waals surface area (Å²) in [6, 6.07) is 2.22. The lowest BCUT2D eigenvalue weighted by Crippen LogP contribution is -2.03. The lowest BCUT2D eigenvalue weighted by molar-refractivity contribution is -0.389. The van der Waals surface area contributed by atoms with Crippen molar-refractivity contribution in [2.24, 2.45) is 0 Å². The Labute approximate surface area is 76.9 Å². The van der Waals surface area contributed by atoms with E-state index in [2.05, 4.69) is 4.98 Å². The summed E-state index contributed by atoms with van der Waals surface area (Å²) in [5, 5.41) is 18.5. The number of aromatic nitrogens is 1. The molecule has 7 heteroatoms. The van der Waals surface area contributed by atoms with E-state index in [4.69, 9.17) is 16.7 Å².